The number of halogens is 1. The largest absolute Gasteiger partial charge is 0.317 e. The summed E-state index contributed by atoms with van der Waals surface area (Å²) in [6.07, 6.45) is 9.71. The Kier molecular flexibility index (Phi) is 6.34. The zero-order valence-electron chi connectivity index (χ0n) is 19.9. The van der Waals surface area contributed by atoms with Crippen molar-refractivity contribution in [2.24, 2.45) is 11.3 Å². The van der Waals surface area contributed by atoms with Crippen LogP contribution in [0.15, 0.2) is 60.8 Å². The summed E-state index contributed by atoms with van der Waals surface area (Å²) >= 11 is 0. The first-order chi connectivity index (χ1) is 16.0. The summed E-state index contributed by atoms with van der Waals surface area (Å²) in [5.74, 6) is 1.02. The molecule has 1 aromatic heterocycles. The number of piperidine rings is 1. The van der Waals surface area contributed by atoms with Crippen LogP contribution in [0.1, 0.15) is 63.1 Å². The quantitative estimate of drug-likeness (QED) is 0.445. The van der Waals surface area contributed by atoms with Crippen molar-refractivity contribution in [1.82, 2.24) is 10.3 Å². The molecule has 1 unspecified atom stereocenters. The lowest BCUT2D eigenvalue weighted by Crippen LogP contribution is -2.39. The molecule has 1 saturated carbocycles. The second-order valence-electron chi connectivity index (χ2n) is 10.4. The van der Waals surface area contributed by atoms with E-state index in [1.54, 1.807) is 0 Å². The molecule has 1 saturated heterocycles. The summed E-state index contributed by atoms with van der Waals surface area (Å²) in [6.45, 7) is 6.76. The first kappa shape index (κ1) is 22.3. The lowest BCUT2D eigenvalue weighted by atomic mass is 9.69. The predicted octanol–water partition coefficient (Wildman–Crippen LogP) is 7.39. The molecule has 2 fully saturated rings. The lowest BCUT2D eigenvalue weighted by Gasteiger charge is -2.39. The number of aromatic nitrogens is 1. The van der Waals surface area contributed by atoms with E-state index in [1.165, 1.54) is 66.6 Å². The number of pyridine rings is 1. The fourth-order valence-electron chi connectivity index (χ4n) is 6.12. The minimum atomic E-state index is -0.209. The molecule has 2 aromatic carbocycles. The highest BCUT2D eigenvalue weighted by molar-refractivity contribution is 5.83. The molecule has 2 heterocycles. The fourth-order valence-corrected chi connectivity index (χ4v) is 6.12. The van der Waals surface area contributed by atoms with Gasteiger partial charge in [-0.3, -0.25) is 4.98 Å². The number of benzene rings is 2. The van der Waals surface area contributed by atoms with Crippen LogP contribution in [0, 0.1) is 17.2 Å². The smallest absolute Gasteiger partial charge is 0.123 e. The molecule has 33 heavy (non-hydrogen) atoms. The number of nitrogens with zero attached hydrogens (tertiary/aromatic N) is 1. The van der Waals surface area contributed by atoms with Gasteiger partial charge in [-0.25, -0.2) is 4.39 Å². The third-order valence-electron chi connectivity index (χ3n) is 8.15. The van der Waals surface area contributed by atoms with E-state index in [9.17, 15) is 4.39 Å². The summed E-state index contributed by atoms with van der Waals surface area (Å²) in [5, 5.41) is 3.55. The van der Waals surface area contributed by atoms with Gasteiger partial charge in [0.1, 0.15) is 5.82 Å². The summed E-state index contributed by atoms with van der Waals surface area (Å²) in [7, 11) is 0. The van der Waals surface area contributed by atoms with Crippen molar-refractivity contribution in [2.75, 3.05) is 13.1 Å². The van der Waals surface area contributed by atoms with Gasteiger partial charge < -0.3 is 5.32 Å². The molecule has 172 valence electrons. The molecule has 1 aliphatic carbocycles. The second-order valence-corrected chi connectivity index (χ2v) is 10.4. The number of hydrogen-bond acceptors (Lipinski definition) is 2. The number of rotatable bonds is 5. The van der Waals surface area contributed by atoms with Crippen molar-refractivity contribution in [2.45, 2.75) is 58.3 Å². The Morgan fingerprint density at radius 2 is 1.61 bits per heavy atom. The van der Waals surface area contributed by atoms with Crippen LogP contribution in [0.5, 0.6) is 0 Å². The maximum absolute atomic E-state index is 13.6. The molecular formula is C30H35FN2. The first-order valence-corrected chi connectivity index (χ1v) is 12.6. The first-order valence-electron chi connectivity index (χ1n) is 12.6. The van der Waals surface area contributed by atoms with Crippen molar-refractivity contribution in [3.8, 4) is 22.3 Å². The van der Waals surface area contributed by atoms with Gasteiger partial charge in [0, 0.05) is 17.5 Å². The Balaban J connectivity index is 1.51. The summed E-state index contributed by atoms with van der Waals surface area (Å²) in [6, 6.07) is 18.0. The minimum absolute atomic E-state index is 0.209. The Morgan fingerprint density at radius 3 is 2.30 bits per heavy atom. The highest BCUT2D eigenvalue weighted by Gasteiger charge is 2.43. The van der Waals surface area contributed by atoms with Crippen LogP contribution in [-0.4, -0.2) is 18.1 Å². The van der Waals surface area contributed by atoms with E-state index in [0.717, 1.165) is 36.6 Å². The molecule has 1 atom stereocenters. The SMILES string of the molecule is CC(C)c1ccc(-c2cc(CC3CCCC34CCNCC4)ncc2-c2ccc(F)cc2)cc1. The Labute approximate surface area is 197 Å². The van der Waals surface area contributed by atoms with Crippen molar-refractivity contribution in [1.29, 1.82) is 0 Å². The van der Waals surface area contributed by atoms with Crippen LogP contribution < -0.4 is 5.32 Å². The van der Waals surface area contributed by atoms with Gasteiger partial charge in [0.15, 0.2) is 0 Å². The maximum Gasteiger partial charge on any atom is 0.123 e. The third-order valence-corrected chi connectivity index (χ3v) is 8.15. The van der Waals surface area contributed by atoms with Crippen molar-refractivity contribution in [3.05, 3.63) is 77.9 Å². The van der Waals surface area contributed by atoms with Crippen molar-refractivity contribution >= 4 is 0 Å². The molecule has 2 aliphatic rings. The number of hydrogen-bond donors (Lipinski definition) is 1. The molecule has 3 heteroatoms. The average molecular weight is 443 g/mol. The summed E-state index contributed by atoms with van der Waals surface area (Å²) in [4.78, 5) is 4.94. The van der Waals surface area contributed by atoms with Gasteiger partial charge >= 0.3 is 0 Å². The van der Waals surface area contributed by atoms with E-state index >= 15 is 0 Å². The topological polar surface area (TPSA) is 24.9 Å². The Bertz CT molecular complexity index is 1080. The van der Waals surface area contributed by atoms with E-state index in [2.05, 4.69) is 49.5 Å². The zero-order valence-corrected chi connectivity index (χ0v) is 19.9. The molecule has 0 amide bonds. The maximum atomic E-state index is 13.6. The third kappa shape index (κ3) is 4.61. The van der Waals surface area contributed by atoms with Crippen LogP contribution in [0.4, 0.5) is 4.39 Å². The summed E-state index contributed by atoms with van der Waals surface area (Å²) in [5.41, 5.74) is 7.50. The molecule has 0 radical (unpaired) electrons. The van der Waals surface area contributed by atoms with Crippen molar-refractivity contribution in [3.63, 3.8) is 0 Å². The van der Waals surface area contributed by atoms with E-state index in [4.69, 9.17) is 4.98 Å². The monoisotopic (exact) mass is 442 g/mol. The molecule has 1 spiro atoms. The normalized spacial score (nSPS) is 19.9. The van der Waals surface area contributed by atoms with E-state index in [1.807, 2.05) is 18.3 Å². The Morgan fingerprint density at radius 1 is 0.939 bits per heavy atom. The summed E-state index contributed by atoms with van der Waals surface area (Å²) < 4.78 is 13.6. The van der Waals surface area contributed by atoms with E-state index in [0.29, 0.717) is 11.3 Å². The molecule has 5 rings (SSSR count). The van der Waals surface area contributed by atoms with Gasteiger partial charge in [-0.2, -0.15) is 0 Å². The number of nitrogens with one attached hydrogen (secondary N) is 1. The van der Waals surface area contributed by atoms with Crippen LogP contribution in [0.3, 0.4) is 0 Å². The van der Waals surface area contributed by atoms with Crippen LogP contribution in [0.2, 0.25) is 0 Å². The minimum Gasteiger partial charge on any atom is -0.317 e. The molecule has 2 nitrogen and oxygen atoms in total. The Hall–Kier alpha value is -2.52. The van der Waals surface area contributed by atoms with E-state index in [-0.39, 0.29) is 5.82 Å². The molecule has 3 aromatic rings. The fraction of sp³-hybridized carbons (Fsp3) is 0.433. The highest BCUT2D eigenvalue weighted by Crippen LogP contribution is 2.50. The van der Waals surface area contributed by atoms with Crippen LogP contribution in [0.25, 0.3) is 22.3 Å². The highest BCUT2D eigenvalue weighted by atomic mass is 19.1. The van der Waals surface area contributed by atoms with Gasteiger partial charge in [-0.15, -0.1) is 0 Å². The molecule has 0 bridgehead atoms. The van der Waals surface area contributed by atoms with Crippen molar-refractivity contribution < 1.29 is 4.39 Å². The van der Waals surface area contributed by atoms with Gasteiger partial charge in [0.25, 0.3) is 0 Å². The average Bonchev–Trinajstić information content (AvgIpc) is 3.21. The molecule has 1 N–H and O–H groups in total. The predicted molar refractivity (Wildman–Crippen MR) is 135 cm³/mol. The molecule has 1 aliphatic heterocycles. The lowest BCUT2D eigenvalue weighted by molar-refractivity contribution is 0.136. The van der Waals surface area contributed by atoms with Crippen LogP contribution in [-0.2, 0) is 6.42 Å². The second kappa shape index (κ2) is 9.38. The van der Waals surface area contributed by atoms with Gasteiger partial charge in [-0.05, 0) is 103 Å². The zero-order chi connectivity index (χ0) is 22.8. The van der Waals surface area contributed by atoms with Gasteiger partial charge in [0.2, 0.25) is 0 Å². The van der Waals surface area contributed by atoms with Gasteiger partial charge in [-0.1, -0.05) is 56.7 Å². The van der Waals surface area contributed by atoms with Crippen LogP contribution >= 0.6 is 0 Å². The van der Waals surface area contributed by atoms with E-state index < -0.39 is 0 Å². The molecular weight excluding hydrogens is 407 g/mol. The standard InChI is InChI=1S/C30H35FN2/c1-21(2)22-5-7-23(8-6-22)28-19-27(33-20-29(28)24-9-11-26(31)12-10-24)18-25-4-3-13-30(25)14-16-32-17-15-30/h5-12,19-21,25,32H,3-4,13-18H2,1-2H3. The van der Waals surface area contributed by atoms with Gasteiger partial charge in [0.05, 0.1) is 0 Å².